The van der Waals surface area contributed by atoms with Crippen LogP contribution >= 0.6 is 0 Å². The first-order chi connectivity index (χ1) is 10.7. The largest absolute Gasteiger partial charge is 0.495 e. The number of hydrogen-bond acceptors (Lipinski definition) is 5. The SMILES string of the molecule is COc1ccc(S(=O)(=O)NC(C)(C)C)cc1NCc1ccco1. The molecule has 2 aromatic rings. The van der Waals surface area contributed by atoms with E-state index >= 15 is 0 Å². The van der Waals surface area contributed by atoms with Crippen molar-refractivity contribution < 1.29 is 17.6 Å². The second kappa shape index (κ2) is 6.64. The van der Waals surface area contributed by atoms with Crippen molar-refractivity contribution in [3.8, 4) is 5.75 Å². The quantitative estimate of drug-likeness (QED) is 0.846. The Balaban J connectivity index is 2.27. The number of rotatable bonds is 6. The molecule has 0 amide bonds. The number of methoxy groups -OCH3 is 1. The lowest BCUT2D eigenvalue weighted by Crippen LogP contribution is -2.40. The number of benzene rings is 1. The van der Waals surface area contributed by atoms with Crippen molar-refractivity contribution in [1.82, 2.24) is 4.72 Å². The summed E-state index contributed by atoms with van der Waals surface area (Å²) >= 11 is 0. The highest BCUT2D eigenvalue weighted by atomic mass is 32.2. The maximum atomic E-state index is 12.4. The van der Waals surface area contributed by atoms with Gasteiger partial charge in [0.25, 0.3) is 0 Å². The molecule has 2 N–H and O–H groups in total. The molecule has 1 aromatic heterocycles. The van der Waals surface area contributed by atoms with E-state index in [0.29, 0.717) is 18.0 Å². The van der Waals surface area contributed by atoms with Gasteiger partial charge < -0.3 is 14.5 Å². The van der Waals surface area contributed by atoms with Crippen molar-refractivity contribution in [2.45, 2.75) is 37.8 Å². The van der Waals surface area contributed by atoms with Crippen LogP contribution in [0.4, 0.5) is 5.69 Å². The molecule has 0 saturated carbocycles. The average Bonchev–Trinajstić information content (AvgIpc) is 2.95. The Morgan fingerprint density at radius 3 is 2.52 bits per heavy atom. The second-order valence-corrected chi connectivity index (χ2v) is 7.83. The van der Waals surface area contributed by atoms with E-state index in [0.717, 1.165) is 5.76 Å². The van der Waals surface area contributed by atoms with Gasteiger partial charge in [0, 0.05) is 5.54 Å². The summed E-state index contributed by atoms with van der Waals surface area (Å²) in [6.07, 6.45) is 1.59. The van der Waals surface area contributed by atoms with Crippen LogP contribution < -0.4 is 14.8 Å². The molecule has 6 nitrogen and oxygen atoms in total. The van der Waals surface area contributed by atoms with Crippen molar-refractivity contribution >= 4 is 15.7 Å². The first-order valence-corrected chi connectivity index (χ1v) is 8.68. The highest BCUT2D eigenvalue weighted by Gasteiger charge is 2.23. The summed E-state index contributed by atoms with van der Waals surface area (Å²) in [5.41, 5.74) is 0.0289. The summed E-state index contributed by atoms with van der Waals surface area (Å²) in [4.78, 5) is 0.176. The summed E-state index contributed by atoms with van der Waals surface area (Å²) in [5, 5.41) is 3.13. The monoisotopic (exact) mass is 338 g/mol. The van der Waals surface area contributed by atoms with Gasteiger partial charge in [-0.15, -0.1) is 0 Å². The third-order valence-corrected chi connectivity index (χ3v) is 4.71. The van der Waals surface area contributed by atoms with Crippen LogP contribution in [0.1, 0.15) is 26.5 Å². The Labute approximate surface area is 136 Å². The number of anilines is 1. The van der Waals surface area contributed by atoms with Crippen LogP contribution in [0, 0.1) is 0 Å². The molecular formula is C16H22N2O4S. The molecule has 7 heteroatoms. The first kappa shape index (κ1) is 17.4. The van der Waals surface area contributed by atoms with E-state index in [1.165, 1.54) is 13.2 Å². The molecule has 0 spiro atoms. The van der Waals surface area contributed by atoms with Crippen LogP contribution in [-0.4, -0.2) is 21.1 Å². The fraction of sp³-hybridized carbons (Fsp3) is 0.375. The average molecular weight is 338 g/mol. The van der Waals surface area contributed by atoms with Crippen molar-refractivity contribution in [1.29, 1.82) is 0 Å². The maximum absolute atomic E-state index is 12.4. The first-order valence-electron chi connectivity index (χ1n) is 7.19. The van der Waals surface area contributed by atoms with E-state index < -0.39 is 15.6 Å². The van der Waals surface area contributed by atoms with Gasteiger partial charge in [-0.2, -0.15) is 0 Å². The molecule has 0 fully saturated rings. The highest BCUT2D eigenvalue weighted by Crippen LogP contribution is 2.28. The van der Waals surface area contributed by atoms with Gasteiger partial charge in [0.05, 0.1) is 30.5 Å². The van der Waals surface area contributed by atoms with E-state index in [1.807, 2.05) is 6.07 Å². The van der Waals surface area contributed by atoms with Gasteiger partial charge >= 0.3 is 0 Å². The zero-order chi connectivity index (χ0) is 17.1. The van der Waals surface area contributed by atoms with Gasteiger partial charge in [-0.25, -0.2) is 13.1 Å². The van der Waals surface area contributed by atoms with E-state index in [4.69, 9.17) is 9.15 Å². The molecule has 0 aliphatic heterocycles. The second-order valence-electron chi connectivity index (χ2n) is 6.15. The van der Waals surface area contributed by atoms with Crippen molar-refractivity contribution in [3.63, 3.8) is 0 Å². The molecule has 2 rings (SSSR count). The number of sulfonamides is 1. The van der Waals surface area contributed by atoms with Crippen LogP contribution in [0.25, 0.3) is 0 Å². The molecule has 0 radical (unpaired) electrons. The van der Waals surface area contributed by atoms with Crippen LogP contribution in [0.5, 0.6) is 5.75 Å². The molecule has 1 aromatic carbocycles. The van der Waals surface area contributed by atoms with E-state index in [2.05, 4.69) is 10.0 Å². The van der Waals surface area contributed by atoms with Gasteiger partial charge in [0.2, 0.25) is 10.0 Å². The maximum Gasteiger partial charge on any atom is 0.241 e. The predicted molar refractivity (Wildman–Crippen MR) is 89.1 cm³/mol. The van der Waals surface area contributed by atoms with Gasteiger partial charge in [-0.3, -0.25) is 0 Å². The lowest BCUT2D eigenvalue weighted by Gasteiger charge is -2.21. The number of ether oxygens (including phenoxy) is 1. The molecule has 0 unspecified atom stereocenters. The Bertz CT molecular complexity index is 747. The van der Waals surface area contributed by atoms with Crippen LogP contribution in [0.2, 0.25) is 0 Å². The number of nitrogens with one attached hydrogen (secondary N) is 2. The van der Waals surface area contributed by atoms with Crippen LogP contribution in [-0.2, 0) is 16.6 Å². The molecular weight excluding hydrogens is 316 g/mol. The van der Waals surface area contributed by atoms with E-state index in [-0.39, 0.29) is 4.90 Å². The summed E-state index contributed by atoms with van der Waals surface area (Å²) < 4.78 is 38.0. The zero-order valence-electron chi connectivity index (χ0n) is 13.7. The molecule has 0 bridgehead atoms. The van der Waals surface area contributed by atoms with Crippen LogP contribution in [0.3, 0.4) is 0 Å². The summed E-state index contributed by atoms with van der Waals surface area (Å²) in [6.45, 7) is 5.82. The third kappa shape index (κ3) is 4.74. The third-order valence-electron chi connectivity index (χ3n) is 2.95. The molecule has 0 atom stereocenters. The Hall–Kier alpha value is -1.99. The fourth-order valence-electron chi connectivity index (χ4n) is 2.05. The summed E-state index contributed by atoms with van der Waals surface area (Å²) in [5.74, 6) is 1.30. The Morgan fingerprint density at radius 1 is 1.22 bits per heavy atom. The lowest BCUT2D eigenvalue weighted by molar-refractivity contribution is 0.415. The fourth-order valence-corrected chi connectivity index (χ4v) is 3.49. The predicted octanol–water partition coefficient (Wildman–Crippen LogP) is 2.98. The minimum atomic E-state index is -3.61. The minimum Gasteiger partial charge on any atom is -0.495 e. The van der Waals surface area contributed by atoms with E-state index in [9.17, 15) is 8.42 Å². The zero-order valence-corrected chi connectivity index (χ0v) is 14.5. The smallest absolute Gasteiger partial charge is 0.241 e. The van der Waals surface area contributed by atoms with Gasteiger partial charge in [-0.1, -0.05) is 0 Å². The number of furan rings is 1. The molecule has 0 aliphatic carbocycles. The Morgan fingerprint density at radius 2 is 1.96 bits per heavy atom. The lowest BCUT2D eigenvalue weighted by atomic mass is 10.1. The Kier molecular flexibility index (Phi) is 5.01. The van der Waals surface area contributed by atoms with Crippen molar-refractivity contribution in [2.75, 3.05) is 12.4 Å². The number of hydrogen-bond donors (Lipinski definition) is 2. The molecule has 0 aliphatic rings. The standard InChI is InChI=1S/C16H22N2O4S/c1-16(2,3)18-23(19,20)13-7-8-15(21-4)14(10-13)17-11-12-6-5-9-22-12/h5-10,17-18H,11H2,1-4H3. The van der Waals surface area contributed by atoms with Gasteiger partial charge in [0.1, 0.15) is 11.5 Å². The summed E-state index contributed by atoms with van der Waals surface area (Å²) in [6, 6.07) is 8.33. The molecule has 126 valence electrons. The van der Waals surface area contributed by atoms with Crippen molar-refractivity contribution in [3.05, 3.63) is 42.4 Å². The van der Waals surface area contributed by atoms with Gasteiger partial charge in [-0.05, 0) is 51.1 Å². The van der Waals surface area contributed by atoms with Gasteiger partial charge in [0.15, 0.2) is 0 Å². The van der Waals surface area contributed by atoms with Crippen molar-refractivity contribution in [2.24, 2.45) is 0 Å². The topological polar surface area (TPSA) is 80.6 Å². The molecule has 1 heterocycles. The molecule has 23 heavy (non-hydrogen) atoms. The van der Waals surface area contributed by atoms with Crippen LogP contribution in [0.15, 0.2) is 45.9 Å². The minimum absolute atomic E-state index is 0.176. The normalized spacial score (nSPS) is 12.2. The highest BCUT2D eigenvalue weighted by molar-refractivity contribution is 7.89. The summed E-state index contributed by atoms with van der Waals surface area (Å²) in [7, 11) is -2.07. The molecule has 0 saturated heterocycles. The van der Waals surface area contributed by atoms with E-state index in [1.54, 1.807) is 45.2 Å².